The summed E-state index contributed by atoms with van der Waals surface area (Å²) in [5.74, 6) is -0.488. The molecule has 3 rings (SSSR count). The van der Waals surface area contributed by atoms with Gasteiger partial charge in [0.25, 0.3) is 11.5 Å². The predicted molar refractivity (Wildman–Crippen MR) is 80.0 cm³/mol. The molecular formula is C13H13N5O2S. The molecule has 0 spiro atoms. The van der Waals surface area contributed by atoms with Gasteiger partial charge in [-0.15, -0.1) is 11.3 Å². The fourth-order valence-electron chi connectivity index (χ4n) is 2.02. The second kappa shape index (κ2) is 4.81. The normalized spacial score (nSPS) is 11.0. The number of carbonyl (C=O) groups is 1. The SMILES string of the molecule is Cc1sc2ncc(C(=O)Nc3cnn(C)c3)c(=O)n2c1C. The Bertz CT molecular complexity index is 905. The number of carbonyl (C=O) groups excluding carboxylic acids is 1. The molecule has 0 saturated carbocycles. The molecule has 0 unspecified atom stereocenters. The van der Waals surface area contributed by atoms with Crippen LogP contribution in [0.15, 0.2) is 23.4 Å². The van der Waals surface area contributed by atoms with Gasteiger partial charge in [0.05, 0.1) is 11.9 Å². The van der Waals surface area contributed by atoms with Crippen LogP contribution < -0.4 is 10.9 Å². The zero-order valence-corrected chi connectivity index (χ0v) is 12.6. The average Bonchev–Trinajstić information content (AvgIpc) is 2.95. The predicted octanol–water partition coefficient (Wildman–Crippen LogP) is 1.36. The van der Waals surface area contributed by atoms with E-state index in [1.165, 1.54) is 28.1 Å². The van der Waals surface area contributed by atoms with Gasteiger partial charge in [0.2, 0.25) is 0 Å². The van der Waals surface area contributed by atoms with Crippen molar-refractivity contribution in [2.45, 2.75) is 13.8 Å². The minimum Gasteiger partial charge on any atom is -0.319 e. The molecule has 0 aromatic carbocycles. The van der Waals surface area contributed by atoms with Crippen LogP contribution in [-0.2, 0) is 7.05 Å². The van der Waals surface area contributed by atoms with E-state index in [0.717, 1.165) is 10.6 Å². The van der Waals surface area contributed by atoms with Crippen molar-refractivity contribution in [2.75, 3.05) is 5.32 Å². The zero-order chi connectivity index (χ0) is 15.1. The highest BCUT2D eigenvalue weighted by atomic mass is 32.1. The molecule has 7 nitrogen and oxygen atoms in total. The quantitative estimate of drug-likeness (QED) is 0.775. The second-order valence-electron chi connectivity index (χ2n) is 4.70. The van der Waals surface area contributed by atoms with Crippen molar-refractivity contribution in [3.63, 3.8) is 0 Å². The van der Waals surface area contributed by atoms with Gasteiger partial charge in [0.15, 0.2) is 4.96 Å². The zero-order valence-electron chi connectivity index (χ0n) is 11.7. The number of thiazole rings is 1. The van der Waals surface area contributed by atoms with Gasteiger partial charge in [-0.2, -0.15) is 5.10 Å². The first kappa shape index (κ1) is 13.5. The highest BCUT2D eigenvalue weighted by Crippen LogP contribution is 2.18. The fourth-order valence-corrected chi connectivity index (χ4v) is 2.95. The lowest BCUT2D eigenvalue weighted by Gasteiger charge is -2.02. The highest BCUT2D eigenvalue weighted by molar-refractivity contribution is 7.17. The number of rotatable bonds is 2. The van der Waals surface area contributed by atoms with E-state index >= 15 is 0 Å². The fraction of sp³-hybridized carbons (Fsp3) is 0.231. The van der Waals surface area contributed by atoms with Crippen LogP contribution in [0.2, 0.25) is 0 Å². The van der Waals surface area contributed by atoms with Gasteiger partial charge < -0.3 is 5.32 Å². The van der Waals surface area contributed by atoms with E-state index < -0.39 is 5.91 Å². The molecular weight excluding hydrogens is 290 g/mol. The third kappa shape index (κ3) is 2.23. The summed E-state index contributed by atoms with van der Waals surface area (Å²) in [6.45, 7) is 3.76. The number of hydrogen-bond donors (Lipinski definition) is 1. The molecule has 108 valence electrons. The summed E-state index contributed by atoms with van der Waals surface area (Å²) in [4.78, 5) is 30.4. The molecule has 3 heterocycles. The van der Waals surface area contributed by atoms with Gasteiger partial charge in [0, 0.05) is 30.0 Å². The second-order valence-corrected chi connectivity index (χ2v) is 5.88. The third-order valence-electron chi connectivity index (χ3n) is 3.23. The summed E-state index contributed by atoms with van der Waals surface area (Å²) in [7, 11) is 1.75. The number of amides is 1. The van der Waals surface area contributed by atoms with Crippen molar-refractivity contribution in [3.05, 3.63) is 45.1 Å². The van der Waals surface area contributed by atoms with Crippen LogP contribution in [0.25, 0.3) is 4.96 Å². The van der Waals surface area contributed by atoms with Crippen molar-refractivity contribution in [1.82, 2.24) is 19.2 Å². The van der Waals surface area contributed by atoms with Gasteiger partial charge in [-0.3, -0.25) is 18.7 Å². The molecule has 1 N–H and O–H groups in total. The molecule has 8 heteroatoms. The Morgan fingerprint density at radius 2 is 2.10 bits per heavy atom. The Kier molecular flexibility index (Phi) is 3.09. The summed E-state index contributed by atoms with van der Waals surface area (Å²) in [6, 6.07) is 0. The molecule has 21 heavy (non-hydrogen) atoms. The van der Waals surface area contributed by atoms with E-state index in [1.807, 2.05) is 13.8 Å². The number of anilines is 1. The first-order valence-corrected chi connectivity index (χ1v) is 7.07. The first-order valence-electron chi connectivity index (χ1n) is 6.25. The summed E-state index contributed by atoms with van der Waals surface area (Å²) < 4.78 is 3.04. The molecule has 0 radical (unpaired) electrons. The number of nitrogens with zero attached hydrogens (tertiary/aromatic N) is 4. The Labute approximate surface area is 123 Å². The van der Waals surface area contributed by atoms with Crippen LogP contribution >= 0.6 is 11.3 Å². The van der Waals surface area contributed by atoms with Gasteiger partial charge in [-0.05, 0) is 13.8 Å². The van der Waals surface area contributed by atoms with Crippen molar-refractivity contribution in [1.29, 1.82) is 0 Å². The monoisotopic (exact) mass is 303 g/mol. The van der Waals surface area contributed by atoms with Crippen molar-refractivity contribution < 1.29 is 4.79 Å². The largest absolute Gasteiger partial charge is 0.319 e. The Hall–Kier alpha value is -2.48. The molecule has 0 aliphatic carbocycles. The standard InChI is InChI=1S/C13H13N5O2S/c1-7-8(2)21-13-14-5-10(12(20)18(7)13)11(19)16-9-4-15-17(3)6-9/h4-6H,1-3H3,(H,16,19). The molecule has 0 bridgehead atoms. The number of fused-ring (bicyclic) bond motifs is 1. The van der Waals surface area contributed by atoms with Crippen LogP contribution in [0.1, 0.15) is 20.9 Å². The Balaban J connectivity index is 2.04. The van der Waals surface area contributed by atoms with E-state index in [1.54, 1.807) is 17.9 Å². The summed E-state index contributed by atoms with van der Waals surface area (Å²) in [6.07, 6.45) is 4.49. The van der Waals surface area contributed by atoms with E-state index in [0.29, 0.717) is 10.6 Å². The molecule has 0 aliphatic rings. The molecule has 3 aromatic rings. The topological polar surface area (TPSA) is 81.3 Å². The van der Waals surface area contributed by atoms with Crippen molar-refractivity contribution in [2.24, 2.45) is 7.05 Å². The van der Waals surface area contributed by atoms with E-state index in [9.17, 15) is 9.59 Å². The molecule has 1 amide bonds. The molecule has 3 aromatic heterocycles. The number of hydrogen-bond acceptors (Lipinski definition) is 5. The molecule has 0 aliphatic heterocycles. The Morgan fingerprint density at radius 1 is 1.33 bits per heavy atom. The molecule has 0 saturated heterocycles. The first-order chi connectivity index (χ1) is 9.97. The van der Waals surface area contributed by atoms with Crippen molar-refractivity contribution in [3.8, 4) is 0 Å². The van der Waals surface area contributed by atoms with Gasteiger partial charge >= 0.3 is 0 Å². The van der Waals surface area contributed by atoms with E-state index in [2.05, 4.69) is 15.4 Å². The summed E-state index contributed by atoms with van der Waals surface area (Å²) in [5.41, 5.74) is 0.995. The number of nitrogens with one attached hydrogen (secondary N) is 1. The maximum atomic E-state index is 12.4. The van der Waals surface area contributed by atoms with Crippen LogP contribution in [0, 0.1) is 13.8 Å². The number of aromatic nitrogens is 4. The van der Waals surface area contributed by atoms with E-state index in [-0.39, 0.29) is 11.1 Å². The van der Waals surface area contributed by atoms with Crippen LogP contribution in [0.3, 0.4) is 0 Å². The Morgan fingerprint density at radius 3 is 2.76 bits per heavy atom. The van der Waals surface area contributed by atoms with E-state index in [4.69, 9.17) is 0 Å². The van der Waals surface area contributed by atoms with Gasteiger partial charge in [-0.1, -0.05) is 0 Å². The van der Waals surface area contributed by atoms with Gasteiger partial charge in [0.1, 0.15) is 5.56 Å². The number of aryl methyl sites for hydroxylation is 3. The lowest BCUT2D eigenvalue weighted by Crippen LogP contribution is -2.26. The lowest BCUT2D eigenvalue weighted by molar-refractivity contribution is 0.102. The molecule has 0 atom stereocenters. The lowest BCUT2D eigenvalue weighted by atomic mass is 10.3. The van der Waals surface area contributed by atoms with Crippen LogP contribution in [0.5, 0.6) is 0 Å². The average molecular weight is 303 g/mol. The summed E-state index contributed by atoms with van der Waals surface area (Å²) in [5, 5.41) is 6.60. The minimum atomic E-state index is -0.488. The van der Waals surface area contributed by atoms with Gasteiger partial charge in [-0.25, -0.2) is 4.98 Å². The summed E-state index contributed by atoms with van der Waals surface area (Å²) >= 11 is 1.43. The van der Waals surface area contributed by atoms with Crippen molar-refractivity contribution >= 4 is 27.9 Å². The van der Waals surface area contributed by atoms with Crippen LogP contribution in [-0.4, -0.2) is 25.1 Å². The van der Waals surface area contributed by atoms with Crippen LogP contribution in [0.4, 0.5) is 5.69 Å². The highest BCUT2D eigenvalue weighted by Gasteiger charge is 2.17. The third-order valence-corrected chi connectivity index (χ3v) is 4.30. The smallest absolute Gasteiger partial charge is 0.271 e. The maximum Gasteiger partial charge on any atom is 0.271 e. The minimum absolute atomic E-state index is 0.0113. The molecule has 0 fully saturated rings. The maximum absolute atomic E-state index is 12.4.